The minimum atomic E-state index is -1.55. The van der Waals surface area contributed by atoms with E-state index in [1.54, 1.807) is 17.0 Å². The first kappa shape index (κ1) is 49.2. The number of aliphatic hydroxyl groups excluding tert-OH is 2. The largest absolute Gasteiger partial charge is 0.459 e. The number of benzene rings is 5. The van der Waals surface area contributed by atoms with Crippen LogP contribution in [0, 0.1) is 17.8 Å². The summed E-state index contributed by atoms with van der Waals surface area (Å²) in [7, 11) is 0. The number of fused-ring (bicyclic) bond motifs is 3. The van der Waals surface area contributed by atoms with Crippen molar-refractivity contribution in [2.75, 3.05) is 32.3 Å². The van der Waals surface area contributed by atoms with E-state index in [1.807, 2.05) is 115 Å². The lowest BCUT2D eigenvalue weighted by molar-refractivity contribution is -0.256. The Morgan fingerprint density at radius 2 is 1.61 bits per heavy atom. The van der Waals surface area contributed by atoms with Gasteiger partial charge in [-0.15, -0.1) is 18.2 Å². The lowest BCUT2D eigenvalue weighted by Gasteiger charge is -2.59. The number of hydrogen-bond donors (Lipinski definition) is 3. The summed E-state index contributed by atoms with van der Waals surface area (Å²) in [6.45, 7) is 4.87. The van der Waals surface area contributed by atoms with Gasteiger partial charge in [0.25, 0.3) is 0 Å². The molecule has 69 heavy (non-hydrogen) atoms. The third-order valence-corrected chi connectivity index (χ3v) is 13.7. The maximum Gasteiger partial charge on any atom is 0.412 e. The van der Waals surface area contributed by atoms with Crippen LogP contribution in [0.2, 0.25) is 0 Å². The Hall–Kier alpha value is -6.18. The van der Waals surface area contributed by atoms with Crippen LogP contribution in [0.5, 0.6) is 11.5 Å². The Labute approximate surface area is 409 Å². The zero-order chi connectivity index (χ0) is 48.0. The van der Waals surface area contributed by atoms with Crippen molar-refractivity contribution in [2.45, 2.75) is 82.4 Å². The molecule has 1 heterocycles. The van der Waals surface area contributed by atoms with Crippen LogP contribution in [0.4, 0.5) is 9.59 Å². The molecule has 1 fully saturated rings. The fraction of sp³-hybridized carbons (Fsp3) is 0.375. The normalized spacial score (nSPS) is 21.8. The van der Waals surface area contributed by atoms with Gasteiger partial charge in [-0.05, 0) is 88.8 Å². The fourth-order valence-corrected chi connectivity index (χ4v) is 10.6. The van der Waals surface area contributed by atoms with Crippen LogP contribution in [0.25, 0.3) is 10.8 Å². The quantitative estimate of drug-likeness (QED) is 0.0267. The highest BCUT2D eigenvalue weighted by atomic mass is 35.5. The van der Waals surface area contributed by atoms with Crippen molar-refractivity contribution in [1.82, 2.24) is 10.2 Å². The van der Waals surface area contributed by atoms with Gasteiger partial charge in [0.2, 0.25) is 5.79 Å². The van der Waals surface area contributed by atoms with E-state index in [0.29, 0.717) is 30.1 Å². The molecule has 5 aromatic carbocycles. The van der Waals surface area contributed by atoms with E-state index in [9.17, 15) is 19.8 Å². The number of aliphatic hydroxyl groups is 2. The van der Waals surface area contributed by atoms with Gasteiger partial charge in [-0.2, -0.15) is 0 Å². The van der Waals surface area contributed by atoms with Crippen LogP contribution in [0.15, 0.2) is 151 Å². The number of alkyl halides is 1. The first-order chi connectivity index (χ1) is 33.9. The molecule has 6 unspecified atom stereocenters. The summed E-state index contributed by atoms with van der Waals surface area (Å²) < 4.78 is 26.5. The van der Waals surface area contributed by atoms with E-state index in [4.69, 9.17) is 40.5 Å². The van der Waals surface area contributed by atoms with Crippen LogP contribution >= 0.6 is 11.6 Å². The van der Waals surface area contributed by atoms with Crippen LogP contribution in [0.3, 0.4) is 0 Å². The Morgan fingerprint density at radius 3 is 2.36 bits per heavy atom. The Morgan fingerprint density at radius 1 is 0.884 bits per heavy atom. The van der Waals surface area contributed by atoms with Crippen molar-refractivity contribution in [2.24, 2.45) is 22.9 Å². The van der Waals surface area contributed by atoms with Crippen molar-refractivity contribution < 1.29 is 43.6 Å². The molecule has 362 valence electrons. The van der Waals surface area contributed by atoms with Gasteiger partial charge in [0.1, 0.15) is 30.8 Å². The number of carbonyl (C=O) groups excluding carboxylic acids is 2. The number of rotatable bonds is 22. The van der Waals surface area contributed by atoms with Gasteiger partial charge in [-0.3, -0.25) is 4.90 Å². The summed E-state index contributed by atoms with van der Waals surface area (Å²) in [6, 6.07) is 38.1. The number of nitrogens with zero attached hydrogens (tertiary/aromatic N) is 2. The molecule has 0 radical (unpaired) electrons. The van der Waals surface area contributed by atoms with Crippen LogP contribution in [0.1, 0.15) is 73.1 Å². The zero-order valence-electron chi connectivity index (χ0n) is 38.9. The molecule has 13 heteroatoms. The van der Waals surface area contributed by atoms with Gasteiger partial charge < -0.3 is 39.3 Å². The predicted octanol–water partition coefficient (Wildman–Crippen LogP) is 10.8. The lowest BCUT2D eigenvalue weighted by atomic mass is 9.55. The van der Waals surface area contributed by atoms with E-state index in [0.717, 1.165) is 64.3 Å². The van der Waals surface area contributed by atoms with E-state index in [-0.39, 0.29) is 76.2 Å². The fourth-order valence-electron chi connectivity index (χ4n) is 10.5. The average Bonchev–Trinajstić information content (AvgIpc) is 3.38. The number of oxime groups is 1. The molecule has 1 saturated carbocycles. The minimum absolute atomic E-state index is 0.00959. The minimum Gasteiger partial charge on any atom is -0.459 e. The third-order valence-electron chi connectivity index (χ3n) is 13.5. The van der Waals surface area contributed by atoms with Gasteiger partial charge in [0, 0.05) is 37.7 Å². The second kappa shape index (κ2) is 23.9. The average molecular weight is 957 g/mol. The second-order valence-corrected chi connectivity index (χ2v) is 18.2. The molecular weight excluding hydrogens is 894 g/mol. The molecular formula is C56H62ClN3O9. The van der Waals surface area contributed by atoms with E-state index < -0.39 is 29.9 Å². The standard InChI is InChI=1S/C56H62ClN3O9/c1-2-31-66-56-51(60(55(64)65-32-28-57)37-43-23-15-22-41-20-9-10-24-45(41)43)35-49(59-67-38-40-18-7-4-8-19-40)47-33-42(21-11-13-29-61)46(25-12-14-30-62)52(53(47)56)48-34-44(26-27-50(48)69-56)68-54(63)58-36-39-16-5-3-6-17-39/h2-10,15-20,22-24,26-27,33-34,42,46,51-53,61-62H,1,11-14,21,25,28-32,35-38H2,(H,58,63). The van der Waals surface area contributed by atoms with Crippen LogP contribution < -0.4 is 14.8 Å². The number of nitrogens with one attached hydrogen (secondary N) is 1. The number of halogens is 1. The molecule has 5 aromatic rings. The van der Waals surface area contributed by atoms with Gasteiger partial charge in [-0.1, -0.05) is 133 Å². The van der Waals surface area contributed by atoms with Gasteiger partial charge in [0.15, 0.2) is 0 Å². The first-order valence-electron chi connectivity index (χ1n) is 24.1. The number of hydrogen-bond acceptors (Lipinski definition) is 10. The zero-order valence-corrected chi connectivity index (χ0v) is 39.7. The SMILES string of the molecule is C=CCOC12Oc3ccc(OC(=O)NCc4ccccc4)cc3C3C(CCCCO)C(CCCCO)C=C(C(=NOCc4ccccc4)CC1N(Cc1cccc4ccccc14)C(=O)OCCCl)C32. The van der Waals surface area contributed by atoms with Gasteiger partial charge in [-0.25, -0.2) is 9.59 Å². The molecule has 2 amide bonds. The second-order valence-electron chi connectivity index (χ2n) is 17.8. The topological polar surface area (TPSA) is 148 Å². The first-order valence-corrected chi connectivity index (χ1v) is 24.6. The molecule has 2 aliphatic carbocycles. The molecule has 0 saturated heterocycles. The van der Waals surface area contributed by atoms with E-state index in [2.05, 4.69) is 18.0 Å². The highest BCUT2D eigenvalue weighted by Gasteiger charge is 2.65. The number of amides is 2. The summed E-state index contributed by atoms with van der Waals surface area (Å²) in [4.78, 5) is 36.3. The smallest absolute Gasteiger partial charge is 0.412 e. The molecule has 0 spiro atoms. The number of allylic oxidation sites excluding steroid dienone is 1. The summed E-state index contributed by atoms with van der Waals surface area (Å²) >= 11 is 6.19. The summed E-state index contributed by atoms with van der Waals surface area (Å²) in [5, 5.41) is 29.9. The maximum absolute atomic E-state index is 14.9. The molecule has 3 aliphatic rings. The monoisotopic (exact) mass is 955 g/mol. The van der Waals surface area contributed by atoms with Crippen LogP contribution in [-0.4, -0.2) is 77.1 Å². The van der Waals surface area contributed by atoms with Crippen molar-refractivity contribution in [3.8, 4) is 11.5 Å². The third kappa shape index (κ3) is 11.5. The number of ether oxygens (including phenoxy) is 4. The summed E-state index contributed by atoms with van der Waals surface area (Å²) in [5.41, 5.74) is 5.09. The van der Waals surface area contributed by atoms with Gasteiger partial charge in [0.05, 0.1) is 30.7 Å². The molecule has 6 atom stereocenters. The van der Waals surface area contributed by atoms with Crippen molar-refractivity contribution in [3.05, 3.63) is 168 Å². The van der Waals surface area contributed by atoms with Crippen molar-refractivity contribution >= 4 is 40.3 Å². The summed E-state index contributed by atoms with van der Waals surface area (Å²) in [6.07, 6.45) is 7.19. The lowest BCUT2D eigenvalue weighted by Crippen LogP contribution is -2.70. The maximum atomic E-state index is 14.9. The molecule has 3 N–H and O–H groups in total. The molecule has 12 nitrogen and oxygen atoms in total. The Bertz CT molecular complexity index is 2570. The predicted molar refractivity (Wildman–Crippen MR) is 267 cm³/mol. The molecule has 1 aliphatic heterocycles. The van der Waals surface area contributed by atoms with Crippen molar-refractivity contribution in [1.29, 1.82) is 0 Å². The van der Waals surface area contributed by atoms with E-state index >= 15 is 0 Å². The van der Waals surface area contributed by atoms with Crippen LogP contribution in [-0.2, 0) is 34.0 Å². The van der Waals surface area contributed by atoms with E-state index in [1.165, 1.54) is 0 Å². The Balaban J connectivity index is 1.31. The Kier molecular flexibility index (Phi) is 17.1. The van der Waals surface area contributed by atoms with Crippen molar-refractivity contribution in [3.63, 3.8) is 0 Å². The molecule has 8 rings (SSSR count). The highest BCUT2D eigenvalue weighted by molar-refractivity contribution is 6.18. The number of unbranched alkanes of at least 4 members (excludes halogenated alkanes) is 2. The highest BCUT2D eigenvalue weighted by Crippen LogP contribution is 2.62. The summed E-state index contributed by atoms with van der Waals surface area (Å²) in [5.74, 6) is -1.63. The number of carbonyl (C=O) groups is 2. The molecule has 0 bridgehead atoms. The van der Waals surface area contributed by atoms with Gasteiger partial charge >= 0.3 is 12.2 Å². The molecule has 0 aromatic heterocycles.